The molecular formula is C19H25N3O. The predicted molar refractivity (Wildman–Crippen MR) is 93.7 cm³/mol. The lowest BCUT2D eigenvalue weighted by molar-refractivity contribution is -0.126. The molecule has 0 radical (unpaired) electrons. The maximum absolute atomic E-state index is 12.3. The zero-order valence-electron chi connectivity index (χ0n) is 14.0. The number of hydrogen-bond donors (Lipinski definition) is 2. The van der Waals surface area contributed by atoms with Gasteiger partial charge in [0.15, 0.2) is 0 Å². The van der Waals surface area contributed by atoms with E-state index in [1.54, 1.807) is 19.3 Å². The van der Waals surface area contributed by atoms with Crippen molar-refractivity contribution < 1.29 is 4.79 Å². The van der Waals surface area contributed by atoms with Gasteiger partial charge in [-0.25, -0.2) is 0 Å². The minimum absolute atomic E-state index is 0.0753. The fourth-order valence-corrected chi connectivity index (χ4v) is 2.59. The number of aromatic nitrogens is 1. The monoisotopic (exact) mass is 311 g/mol. The summed E-state index contributed by atoms with van der Waals surface area (Å²) < 4.78 is 0. The summed E-state index contributed by atoms with van der Waals surface area (Å²) >= 11 is 0. The number of amides is 1. The second-order valence-electron chi connectivity index (χ2n) is 6.22. The first kappa shape index (κ1) is 17.2. The van der Waals surface area contributed by atoms with Crippen molar-refractivity contribution >= 4 is 5.91 Å². The van der Waals surface area contributed by atoms with Gasteiger partial charge in [-0.3, -0.25) is 9.78 Å². The molecule has 2 rings (SSSR count). The zero-order chi connectivity index (χ0) is 16.9. The maximum Gasteiger partial charge on any atom is 0.240 e. The van der Waals surface area contributed by atoms with E-state index in [4.69, 9.17) is 5.73 Å². The van der Waals surface area contributed by atoms with E-state index in [1.165, 1.54) is 0 Å². The lowest BCUT2D eigenvalue weighted by atomic mass is 9.95. The Kier molecular flexibility index (Phi) is 5.50. The van der Waals surface area contributed by atoms with Crippen molar-refractivity contribution in [2.24, 2.45) is 5.73 Å². The summed E-state index contributed by atoms with van der Waals surface area (Å²) in [6, 6.07) is 12.1. The Morgan fingerprint density at radius 2 is 1.74 bits per heavy atom. The molecule has 4 heteroatoms. The topological polar surface area (TPSA) is 68.0 Å². The number of nitrogens with zero attached hydrogens (tertiary/aromatic N) is 1. The largest absolute Gasteiger partial charge is 0.348 e. The molecular weight excluding hydrogens is 286 g/mol. The zero-order valence-corrected chi connectivity index (χ0v) is 14.0. The molecule has 0 aliphatic carbocycles. The van der Waals surface area contributed by atoms with Crippen molar-refractivity contribution in [2.45, 2.75) is 45.2 Å². The van der Waals surface area contributed by atoms with E-state index in [2.05, 4.69) is 22.4 Å². The second kappa shape index (κ2) is 7.38. The number of benzene rings is 1. The molecule has 0 saturated carbocycles. The standard InChI is InChI=1S/C19H25N3O/c1-4-11-19(3,20)18(23)22-14(2)15-5-7-16(8-6-15)17-9-12-21-13-10-17/h5-10,12-14H,4,11,20H2,1-3H3,(H,22,23). The number of nitrogens with two attached hydrogens (primary N) is 1. The fraction of sp³-hybridized carbons (Fsp3) is 0.368. The summed E-state index contributed by atoms with van der Waals surface area (Å²) in [4.78, 5) is 16.3. The number of carbonyl (C=O) groups is 1. The first-order chi connectivity index (χ1) is 10.9. The highest BCUT2D eigenvalue weighted by atomic mass is 16.2. The van der Waals surface area contributed by atoms with Crippen LogP contribution in [0.25, 0.3) is 11.1 Å². The van der Waals surface area contributed by atoms with Crippen LogP contribution in [0.5, 0.6) is 0 Å². The molecule has 2 unspecified atom stereocenters. The molecule has 4 nitrogen and oxygen atoms in total. The normalized spacial score (nSPS) is 14.8. The molecule has 0 spiro atoms. The van der Waals surface area contributed by atoms with Crippen LogP contribution >= 0.6 is 0 Å². The van der Waals surface area contributed by atoms with E-state index < -0.39 is 5.54 Å². The van der Waals surface area contributed by atoms with Gasteiger partial charge in [0.2, 0.25) is 5.91 Å². The van der Waals surface area contributed by atoms with Crippen LogP contribution in [-0.2, 0) is 4.79 Å². The predicted octanol–water partition coefficient (Wildman–Crippen LogP) is 3.44. The molecule has 1 heterocycles. The van der Waals surface area contributed by atoms with Crippen molar-refractivity contribution in [3.63, 3.8) is 0 Å². The average Bonchev–Trinajstić information content (AvgIpc) is 2.55. The van der Waals surface area contributed by atoms with Crippen LogP contribution in [0.4, 0.5) is 0 Å². The van der Waals surface area contributed by atoms with Gasteiger partial charge in [0.1, 0.15) is 0 Å². The maximum atomic E-state index is 12.3. The smallest absolute Gasteiger partial charge is 0.240 e. The molecule has 1 amide bonds. The molecule has 1 aromatic heterocycles. The number of pyridine rings is 1. The van der Waals surface area contributed by atoms with Crippen LogP contribution in [0.1, 0.15) is 45.2 Å². The molecule has 0 aliphatic rings. The van der Waals surface area contributed by atoms with E-state index in [0.717, 1.165) is 23.1 Å². The van der Waals surface area contributed by atoms with Crippen molar-refractivity contribution in [1.82, 2.24) is 10.3 Å². The Bertz CT molecular complexity index is 635. The number of rotatable bonds is 6. The van der Waals surface area contributed by atoms with Gasteiger partial charge in [-0.05, 0) is 49.1 Å². The summed E-state index contributed by atoms with van der Waals surface area (Å²) in [5.41, 5.74) is 8.57. The highest BCUT2D eigenvalue weighted by Gasteiger charge is 2.28. The molecule has 0 saturated heterocycles. The number of nitrogens with one attached hydrogen (secondary N) is 1. The quantitative estimate of drug-likeness (QED) is 0.858. The van der Waals surface area contributed by atoms with Gasteiger partial charge in [-0.15, -0.1) is 0 Å². The second-order valence-corrected chi connectivity index (χ2v) is 6.22. The number of carbonyl (C=O) groups excluding carboxylic acids is 1. The van der Waals surface area contributed by atoms with E-state index >= 15 is 0 Å². The molecule has 0 bridgehead atoms. The van der Waals surface area contributed by atoms with Gasteiger partial charge in [0, 0.05) is 12.4 Å². The Morgan fingerprint density at radius 3 is 2.30 bits per heavy atom. The Hall–Kier alpha value is -2.20. The highest BCUT2D eigenvalue weighted by Crippen LogP contribution is 2.22. The third-order valence-electron chi connectivity index (χ3n) is 4.06. The lowest BCUT2D eigenvalue weighted by Gasteiger charge is -2.25. The summed E-state index contributed by atoms with van der Waals surface area (Å²) in [5, 5.41) is 3.01. The Morgan fingerprint density at radius 1 is 1.17 bits per heavy atom. The van der Waals surface area contributed by atoms with Gasteiger partial charge in [0.25, 0.3) is 0 Å². The molecule has 1 aromatic carbocycles. The first-order valence-corrected chi connectivity index (χ1v) is 8.04. The average molecular weight is 311 g/mol. The van der Waals surface area contributed by atoms with Gasteiger partial charge in [0.05, 0.1) is 11.6 Å². The van der Waals surface area contributed by atoms with Crippen LogP contribution in [0.15, 0.2) is 48.8 Å². The SMILES string of the molecule is CCCC(C)(N)C(=O)NC(C)c1ccc(-c2ccncc2)cc1. The highest BCUT2D eigenvalue weighted by molar-refractivity contribution is 5.85. The van der Waals surface area contributed by atoms with Crippen molar-refractivity contribution in [2.75, 3.05) is 0 Å². The number of hydrogen-bond acceptors (Lipinski definition) is 3. The molecule has 0 fully saturated rings. The van der Waals surface area contributed by atoms with Gasteiger partial charge < -0.3 is 11.1 Å². The van der Waals surface area contributed by atoms with E-state index in [0.29, 0.717) is 6.42 Å². The van der Waals surface area contributed by atoms with Crippen LogP contribution in [-0.4, -0.2) is 16.4 Å². The molecule has 23 heavy (non-hydrogen) atoms. The Balaban J connectivity index is 2.06. The third-order valence-corrected chi connectivity index (χ3v) is 4.06. The van der Waals surface area contributed by atoms with Crippen molar-refractivity contribution in [1.29, 1.82) is 0 Å². The molecule has 122 valence electrons. The van der Waals surface area contributed by atoms with E-state index in [-0.39, 0.29) is 11.9 Å². The summed E-state index contributed by atoms with van der Waals surface area (Å²) in [5.74, 6) is -0.106. The lowest BCUT2D eigenvalue weighted by Crippen LogP contribution is -2.52. The Labute approximate surface area is 138 Å². The minimum atomic E-state index is -0.819. The van der Waals surface area contributed by atoms with Crippen LogP contribution < -0.4 is 11.1 Å². The minimum Gasteiger partial charge on any atom is -0.348 e. The van der Waals surface area contributed by atoms with Crippen LogP contribution in [0.2, 0.25) is 0 Å². The van der Waals surface area contributed by atoms with Crippen LogP contribution in [0.3, 0.4) is 0 Å². The van der Waals surface area contributed by atoms with Gasteiger partial charge in [-0.2, -0.15) is 0 Å². The summed E-state index contributed by atoms with van der Waals surface area (Å²) in [6.07, 6.45) is 5.12. The third kappa shape index (κ3) is 4.39. The van der Waals surface area contributed by atoms with Crippen molar-refractivity contribution in [3.05, 3.63) is 54.4 Å². The molecule has 2 atom stereocenters. The van der Waals surface area contributed by atoms with E-state index in [1.807, 2.05) is 38.1 Å². The molecule has 3 N–H and O–H groups in total. The first-order valence-electron chi connectivity index (χ1n) is 8.04. The van der Waals surface area contributed by atoms with Gasteiger partial charge in [-0.1, -0.05) is 37.6 Å². The molecule has 0 aliphatic heterocycles. The summed E-state index contributed by atoms with van der Waals surface area (Å²) in [7, 11) is 0. The van der Waals surface area contributed by atoms with E-state index in [9.17, 15) is 4.79 Å². The van der Waals surface area contributed by atoms with Crippen molar-refractivity contribution in [3.8, 4) is 11.1 Å². The fourth-order valence-electron chi connectivity index (χ4n) is 2.59. The molecule has 2 aromatic rings. The van der Waals surface area contributed by atoms with Gasteiger partial charge >= 0.3 is 0 Å². The summed E-state index contributed by atoms with van der Waals surface area (Å²) in [6.45, 7) is 5.78. The van der Waals surface area contributed by atoms with Crippen LogP contribution in [0, 0.1) is 0 Å².